The maximum Gasteiger partial charge on any atom is 0.119 e. The number of nitrogens with two attached hydrogens (primary N) is 1. The molecule has 2 N–H and O–H groups in total. The molecule has 5 heteroatoms. The molecular weight excluding hydrogens is 334 g/mol. The molecule has 0 bridgehead atoms. The van der Waals surface area contributed by atoms with Crippen molar-refractivity contribution in [2.75, 3.05) is 7.11 Å². The summed E-state index contributed by atoms with van der Waals surface area (Å²) in [5.41, 5.74) is 7.32. The standard InChI is InChI=1S/C13H13BrClNOS/c1-17-9-2-3-10(14)8(6-9)7-11(16)12-4-5-13(15)18-12/h2-6,11H,7,16H2,1H3. The number of benzene rings is 1. The highest BCUT2D eigenvalue weighted by atomic mass is 79.9. The first-order chi connectivity index (χ1) is 8.60. The molecule has 2 aromatic rings. The number of methoxy groups -OCH3 is 1. The summed E-state index contributed by atoms with van der Waals surface area (Å²) in [5.74, 6) is 0.838. The van der Waals surface area contributed by atoms with Gasteiger partial charge in [-0.15, -0.1) is 11.3 Å². The molecule has 0 fully saturated rings. The second kappa shape index (κ2) is 6.06. The van der Waals surface area contributed by atoms with E-state index in [1.54, 1.807) is 7.11 Å². The second-order valence-electron chi connectivity index (χ2n) is 3.91. The van der Waals surface area contributed by atoms with E-state index in [1.165, 1.54) is 11.3 Å². The van der Waals surface area contributed by atoms with Crippen LogP contribution in [0.3, 0.4) is 0 Å². The number of hydrogen-bond donors (Lipinski definition) is 1. The highest BCUT2D eigenvalue weighted by Gasteiger charge is 2.12. The van der Waals surface area contributed by atoms with Crippen LogP contribution in [-0.2, 0) is 6.42 Å². The molecule has 1 heterocycles. The normalized spacial score (nSPS) is 12.4. The Kier molecular flexibility index (Phi) is 4.67. The fourth-order valence-electron chi connectivity index (χ4n) is 1.70. The van der Waals surface area contributed by atoms with Crippen molar-refractivity contribution in [2.24, 2.45) is 5.73 Å². The van der Waals surface area contributed by atoms with Gasteiger partial charge in [-0.05, 0) is 42.3 Å². The monoisotopic (exact) mass is 345 g/mol. The van der Waals surface area contributed by atoms with Crippen LogP contribution in [0.4, 0.5) is 0 Å². The minimum atomic E-state index is -0.0501. The zero-order valence-corrected chi connectivity index (χ0v) is 13.0. The lowest BCUT2D eigenvalue weighted by molar-refractivity contribution is 0.414. The van der Waals surface area contributed by atoms with E-state index >= 15 is 0 Å². The molecule has 2 nitrogen and oxygen atoms in total. The summed E-state index contributed by atoms with van der Waals surface area (Å²) in [6.07, 6.45) is 0.745. The molecule has 18 heavy (non-hydrogen) atoms. The molecule has 0 amide bonds. The summed E-state index contributed by atoms with van der Waals surface area (Å²) in [6.45, 7) is 0. The Labute approximate surface area is 124 Å². The van der Waals surface area contributed by atoms with Gasteiger partial charge in [0.1, 0.15) is 5.75 Å². The van der Waals surface area contributed by atoms with Crippen molar-refractivity contribution >= 4 is 38.9 Å². The van der Waals surface area contributed by atoms with Crippen molar-refractivity contribution in [3.05, 3.63) is 49.6 Å². The van der Waals surface area contributed by atoms with E-state index in [-0.39, 0.29) is 6.04 Å². The fraction of sp³-hybridized carbons (Fsp3) is 0.231. The van der Waals surface area contributed by atoms with E-state index in [9.17, 15) is 0 Å². The first-order valence-corrected chi connectivity index (χ1v) is 7.42. The summed E-state index contributed by atoms with van der Waals surface area (Å²) in [5, 5.41) is 0. The fourth-order valence-corrected chi connectivity index (χ4v) is 3.17. The average Bonchev–Trinajstić information content (AvgIpc) is 2.79. The van der Waals surface area contributed by atoms with Crippen LogP contribution in [0, 0.1) is 0 Å². The van der Waals surface area contributed by atoms with Crippen molar-refractivity contribution in [3.63, 3.8) is 0 Å². The molecule has 0 spiro atoms. The molecule has 0 aliphatic heterocycles. The lowest BCUT2D eigenvalue weighted by Crippen LogP contribution is -2.12. The lowest BCUT2D eigenvalue weighted by atomic mass is 10.1. The van der Waals surface area contributed by atoms with Gasteiger partial charge in [0.25, 0.3) is 0 Å². The molecular formula is C13H13BrClNOS. The maximum atomic E-state index is 6.19. The Morgan fingerprint density at radius 1 is 1.39 bits per heavy atom. The summed E-state index contributed by atoms with van der Waals surface area (Å²) >= 11 is 11.0. The van der Waals surface area contributed by atoms with E-state index in [0.717, 1.165) is 31.4 Å². The van der Waals surface area contributed by atoms with Gasteiger partial charge in [0, 0.05) is 15.4 Å². The van der Waals surface area contributed by atoms with Crippen LogP contribution in [0.2, 0.25) is 4.34 Å². The van der Waals surface area contributed by atoms with E-state index in [1.807, 2.05) is 30.3 Å². The predicted octanol–water partition coefficient (Wildman–Crippen LogP) is 4.42. The van der Waals surface area contributed by atoms with Crippen LogP contribution in [0.15, 0.2) is 34.8 Å². The molecule has 1 atom stereocenters. The van der Waals surface area contributed by atoms with Crippen LogP contribution in [-0.4, -0.2) is 7.11 Å². The number of rotatable bonds is 4. The van der Waals surface area contributed by atoms with Crippen LogP contribution in [0.25, 0.3) is 0 Å². The number of thiophene rings is 1. The van der Waals surface area contributed by atoms with Gasteiger partial charge in [0.2, 0.25) is 0 Å². The third kappa shape index (κ3) is 3.26. The van der Waals surface area contributed by atoms with Gasteiger partial charge in [-0.2, -0.15) is 0 Å². The smallest absolute Gasteiger partial charge is 0.119 e. The highest BCUT2D eigenvalue weighted by Crippen LogP contribution is 2.30. The van der Waals surface area contributed by atoms with Gasteiger partial charge in [-0.1, -0.05) is 27.5 Å². The van der Waals surface area contributed by atoms with Gasteiger partial charge >= 0.3 is 0 Å². The Morgan fingerprint density at radius 3 is 2.78 bits per heavy atom. The average molecular weight is 347 g/mol. The van der Waals surface area contributed by atoms with E-state index < -0.39 is 0 Å². The third-order valence-electron chi connectivity index (χ3n) is 2.65. The van der Waals surface area contributed by atoms with Crippen molar-refractivity contribution < 1.29 is 4.74 Å². The first kappa shape index (κ1) is 13.9. The van der Waals surface area contributed by atoms with Gasteiger partial charge in [0.15, 0.2) is 0 Å². The quantitative estimate of drug-likeness (QED) is 0.889. The molecule has 0 saturated heterocycles. The largest absolute Gasteiger partial charge is 0.497 e. The summed E-state index contributed by atoms with van der Waals surface area (Å²) in [6, 6.07) is 9.70. The molecule has 1 unspecified atom stereocenters. The van der Waals surface area contributed by atoms with Crippen molar-refractivity contribution in [1.82, 2.24) is 0 Å². The highest BCUT2D eigenvalue weighted by molar-refractivity contribution is 9.10. The first-order valence-electron chi connectivity index (χ1n) is 5.43. The third-order valence-corrected chi connectivity index (χ3v) is 4.79. The minimum Gasteiger partial charge on any atom is -0.497 e. The van der Waals surface area contributed by atoms with Crippen molar-refractivity contribution in [1.29, 1.82) is 0 Å². The Bertz CT molecular complexity index is 544. The number of halogens is 2. The topological polar surface area (TPSA) is 35.2 Å². The molecule has 1 aromatic carbocycles. The van der Waals surface area contributed by atoms with E-state index in [2.05, 4.69) is 15.9 Å². The zero-order chi connectivity index (χ0) is 13.1. The minimum absolute atomic E-state index is 0.0501. The Morgan fingerprint density at radius 2 is 2.17 bits per heavy atom. The van der Waals surface area contributed by atoms with Gasteiger partial charge in [-0.3, -0.25) is 0 Å². The van der Waals surface area contributed by atoms with E-state index in [4.69, 9.17) is 22.1 Å². The molecule has 0 saturated carbocycles. The molecule has 0 aliphatic carbocycles. The predicted molar refractivity (Wildman–Crippen MR) is 80.7 cm³/mol. The zero-order valence-electron chi connectivity index (χ0n) is 9.82. The molecule has 2 rings (SSSR count). The van der Waals surface area contributed by atoms with Gasteiger partial charge in [0.05, 0.1) is 11.4 Å². The van der Waals surface area contributed by atoms with Crippen molar-refractivity contribution in [2.45, 2.75) is 12.5 Å². The summed E-state index contributed by atoms with van der Waals surface area (Å²) in [4.78, 5) is 1.09. The SMILES string of the molecule is COc1ccc(Br)c(CC(N)c2ccc(Cl)s2)c1. The van der Waals surface area contributed by atoms with Crippen molar-refractivity contribution in [3.8, 4) is 5.75 Å². The Balaban J connectivity index is 2.18. The molecule has 0 radical (unpaired) electrons. The summed E-state index contributed by atoms with van der Waals surface area (Å²) in [7, 11) is 1.66. The van der Waals surface area contributed by atoms with Crippen LogP contribution in [0.5, 0.6) is 5.75 Å². The lowest BCUT2D eigenvalue weighted by Gasteiger charge is -2.12. The van der Waals surface area contributed by atoms with E-state index in [0.29, 0.717) is 0 Å². The molecule has 96 valence electrons. The molecule has 1 aromatic heterocycles. The number of ether oxygens (including phenoxy) is 1. The maximum absolute atomic E-state index is 6.19. The van der Waals surface area contributed by atoms with Crippen LogP contribution in [0.1, 0.15) is 16.5 Å². The summed E-state index contributed by atoms with van der Waals surface area (Å²) < 4.78 is 7.03. The number of hydrogen-bond acceptors (Lipinski definition) is 3. The molecule has 0 aliphatic rings. The Hall–Kier alpha value is -0.550. The van der Waals surface area contributed by atoms with Crippen LogP contribution < -0.4 is 10.5 Å². The second-order valence-corrected chi connectivity index (χ2v) is 6.51. The van der Waals surface area contributed by atoms with Crippen LogP contribution >= 0.6 is 38.9 Å². The van der Waals surface area contributed by atoms with Gasteiger partial charge < -0.3 is 10.5 Å². The van der Waals surface area contributed by atoms with Gasteiger partial charge in [-0.25, -0.2) is 0 Å².